The highest BCUT2D eigenvalue weighted by molar-refractivity contribution is 7.90. The van der Waals surface area contributed by atoms with Crippen molar-refractivity contribution < 1.29 is 8.42 Å². The van der Waals surface area contributed by atoms with E-state index in [4.69, 9.17) is 0 Å². The van der Waals surface area contributed by atoms with E-state index in [-0.39, 0.29) is 11.5 Å². The molecule has 0 saturated carbocycles. The second-order valence-corrected chi connectivity index (χ2v) is 7.95. The molecule has 110 valence electrons. The minimum atomic E-state index is -3.00. The van der Waals surface area contributed by atoms with Gasteiger partial charge in [-0.05, 0) is 19.4 Å². The Labute approximate surface area is 120 Å². The molecule has 6 heteroatoms. The van der Waals surface area contributed by atoms with E-state index in [9.17, 15) is 8.42 Å². The van der Waals surface area contributed by atoms with E-state index >= 15 is 0 Å². The van der Waals surface area contributed by atoms with E-state index in [0.717, 1.165) is 36.6 Å². The molecule has 1 aromatic rings. The summed E-state index contributed by atoms with van der Waals surface area (Å²) in [6.45, 7) is 7.76. The van der Waals surface area contributed by atoms with Gasteiger partial charge in [-0.3, -0.25) is 0 Å². The van der Waals surface area contributed by atoms with Gasteiger partial charge in [-0.1, -0.05) is 27.2 Å². The van der Waals surface area contributed by atoms with Crippen LogP contribution in [-0.4, -0.2) is 25.7 Å². The first-order chi connectivity index (χ1) is 9.02. The molecule has 0 saturated heterocycles. The number of aromatic nitrogens is 1. The summed E-state index contributed by atoms with van der Waals surface area (Å²) < 4.78 is 23.7. The lowest BCUT2D eigenvalue weighted by molar-refractivity contribution is 0.593. The number of nitrogens with one attached hydrogen (secondary N) is 1. The van der Waals surface area contributed by atoms with Crippen molar-refractivity contribution in [1.29, 1.82) is 0 Å². The van der Waals surface area contributed by atoms with Crippen LogP contribution in [0, 0.1) is 0 Å². The smallest absolute Gasteiger partial charge is 0.156 e. The van der Waals surface area contributed by atoms with Crippen LogP contribution in [0.5, 0.6) is 0 Å². The Morgan fingerprint density at radius 2 is 1.95 bits per heavy atom. The molecule has 0 fully saturated rings. The second kappa shape index (κ2) is 7.97. The van der Waals surface area contributed by atoms with Crippen molar-refractivity contribution in [3.8, 4) is 0 Å². The van der Waals surface area contributed by atoms with Gasteiger partial charge in [0.05, 0.1) is 11.4 Å². The Morgan fingerprint density at radius 1 is 1.21 bits per heavy atom. The van der Waals surface area contributed by atoms with Crippen LogP contribution in [0.3, 0.4) is 0 Å². The van der Waals surface area contributed by atoms with Crippen LogP contribution in [0.2, 0.25) is 0 Å². The second-order valence-electron chi connectivity index (χ2n) is 4.60. The number of aryl methyl sites for hydroxylation is 1. The van der Waals surface area contributed by atoms with Crippen LogP contribution in [0.25, 0.3) is 0 Å². The summed E-state index contributed by atoms with van der Waals surface area (Å²) in [6.07, 6.45) is 2.62. The summed E-state index contributed by atoms with van der Waals surface area (Å²) in [4.78, 5) is 5.71. The van der Waals surface area contributed by atoms with E-state index in [0.29, 0.717) is 6.42 Å². The molecular formula is C13H24N2O2S2. The van der Waals surface area contributed by atoms with Gasteiger partial charge in [-0.25, -0.2) is 13.4 Å². The third-order valence-electron chi connectivity index (χ3n) is 2.70. The summed E-state index contributed by atoms with van der Waals surface area (Å²) in [5.74, 6) is 0.340. The van der Waals surface area contributed by atoms with E-state index in [1.807, 2.05) is 6.92 Å². The highest BCUT2D eigenvalue weighted by Gasteiger charge is 2.16. The molecule has 1 heterocycles. The molecule has 4 nitrogen and oxygen atoms in total. The monoisotopic (exact) mass is 304 g/mol. The minimum absolute atomic E-state index is 0.0916. The van der Waals surface area contributed by atoms with Gasteiger partial charge in [-0.15, -0.1) is 11.3 Å². The topological polar surface area (TPSA) is 59.1 Å². The molecule has 0 bridgehead atoms. The van der Waals surface area contributed by atoms with E-state index in [1.165, 1.54) is 16.2 Å². The standard InChI is InChI=1S/C13H24N2O2S2/c1-4-7-11-12(9-14-6-3)18-13(15-11)10-19(16,17)8-5-2/h14H,4-10H2,1-3H3. The number of hydrogen-bond acceptors (Lipinski definition) is 5. The normalized spacial score (nSPS) is 11.9. The Kier molecular flexibility index (Phi) is 6.96. The van der Waals surface area contributed by atoms with Crippen molar-refractivity contribution in [3.05, 3.63) is 15.6 Å². The van der Waals surface area contributed by atoms with Crippen molar-refractivity contribution in [3.63, 3.8) is 0 Å². The number of rotatable bonds is 9. The fraction of sp³-hybridized carbons (Fsp3) is 0.769. The maximum Gasteiger partial charge on any atom is 0.156 e. The predicted octanol–water partition coefficient (Wildman–Crippen LogP) is 2.53. The summed E-state index contributed by atoms with van der Waals surface area (Å²) in [7, 11) is -3.00. The Bertz CT molecular complexity index is 481. The van der Waals surface area contributed by atoms with Gasteiger partial charge >= 0.3 is 0 Å². The Hall–Kier alpha value is -0.460. The lowest BCUT2D eigenvalue weighted by Gasteiger charge is -2.00. The fourth-order valence-corrected chi connectivity index (χ4v) is 4.74. The van der Waals surface area contributed by atoms with E-state index < -0.39 is 9.84 Å². The molecule has 1 N–H and O–H groups in total. The minimum Gasteiger partial charge on any atom is -0.312 e. The van der Waals surface area contributed by atoms with Crippen LogP contribution in [-0.2, 0) is 28.6 Å². The number of thiazole rings is 1. The first-order valence-electron chi connectivity index (χ1n) is 6.91. The lowest BCUT2D eigenvalue weighted by Crippen LogP contribution is -2.11. The molecule has 19 heavy (non-hydrogen) atoms. The van der Waals surface area contributed by atoms with Crippen molar-refractivity contribution in [2.45, 2.75) is 52.3 Å². The number of hydrogen-bond donors (Lipinski definition) is 1. The molecule has 0 unspecified atom stereocenters. The van der Waals surface area contributed by atoms with Crippen molar-refractivity contribution in [2.75, 3.05) is 12.3 Å². The van der Waals surface area contributed by atoms with Crippen molar-refractivity contribution in [2.24, 2.45) is 0 Å². The van der Waals surface area contributed by atoms with Gasteiger partial charge in [0.2, 0.25) is 0 Å². The third-order valence-corrected chi connectivity index (χ3v) is 5.73. The molecule has 0 atom stereocenters. The zero-order chi connectivity index (χ0) is 14.3. The molecule has 0 radical (unpaired) electrons. The van der Waals surface area contributed by atoms with E-state index in [1.54, 1.807) is 0 Å². The summed E-state index contributed by atoms with van der Waals surface area (Å²) in [6, 6.07) is 0. The fourth-order valence-electron chi connectivity index (χ4n) is 1.88. The summed E-state index contributed by atoms with van der Waals surface area (Å²) in [5.41, 5.74) is 1.06. The van der Waals surface area contributed by atoms with Gasteiger partial charge in [0.1, 0.15) is 10.8 Å². The molecule has 0 amide bonds. The molecular weight excluding hydrogens is 280 g/mol. The lowest BCUT2D eigenvalue weighted by atomic mass is 10.2. The zero-order valence-electron chi connectivity index (χ0n) is 12.0. The molecule has 0 aliphatic heterocycles. The zero-order valence-corrected chi connectivity index (χ0v) is 13.7. The van der Waals surface area contributed by atoms with Gasteiger partial charge < -0.3 is 5.32 Å². The average molecular weight is 304 g/mol. The maximum atomic E-state index is 11.8. The van der Waals surface area contributed by atoms with Gasteiger partial charge in [0.25, 0.3) is 0 Å². The largest absolute Gasteiger partial charge is 0.312 e. The molecule has 0 aliphatic carbocycles. The van der Waals surface area contributed by atoms with Crippen LogP contribution >= 0.6 is 11.3 Å². The summed E-state index contributed by atoms with van der Waals surface area (Å²) >= 11 is 1.54. The van der Waals surface area contributed by atoms with Crippen molar-refractivity contribution >= 4 is 21.2 Å². The Morgan fingerprint density at radius 3 is 2.53 bits per heavy atom. The quantitative estimate of drug-likeness (QED) is 0.761. The van der Waals surface area contributed by atoms with Crippen LogP contribution < -0.4 is 5.32 Å². The average Bonchev–Trinajstić information content (AvgIpc) is 2.68. The molecule has 0 spiro atoms. The Balaban J connectivity index is 2.84. The van der Waals surface area contributed by atoms with Gasteiger partial charge in [-0.2, -0.15) is 0 Å². The van der Waals surface area contributed by atoms with Crippen molar-refractivity contribution in [1.82, 2.24) is 10.3 Å². The first-order valence-corrected chi connectivity index (χ1v) is 9.54. The van der Waals surface area contributed by atoms with Gasteiger partial charge in [0, 0.05) is 11.4 Å². The maximum absolute atomic E-state index is 11.8. The van der Waals surface area contributed by atoms with Crippen LogP contribution in [0.4, 0.5) is 0 Å². The predicted molar refractivity (Wildman–Crippen MR) is 81.3 cm³/mol. The van der Waals surface area contributed by atoms with Crippen LogP contribution in [0.1, 0.15) is 49.2 Å². The highest BCUT2D eigenvalue weighted by Crippen LogP contribution is 2.22. The molecule has 1 rings (SSSR count). The first kappa shape index (κ1) is 16.6. The molecule has 0 aliphatic rings. The highest BCUT2D eigenvalue weighted by atomic mass is 32.2. The summed E-state index contributed by atoms with van der Waals surface area (Å²) in [5, 5.41) is 4.03. The third kappa shape index (κ3) is 5.58. The number of sulfone groups is 1. The molecule has 0 aromatic carbocycles. The van der Waals surface area contributed by atoms with E-state index in [2.05, 4.69) is 24.1 Å². The SMILES string of the molecule is CCCc1nc(CS(=O)(=O)CCC)sc1CNCC. The van der Waals surface area contributed by atoms with Gasteiger partial charge in [0.15, 0.2) is 9.84 Å². The van der Waals surface area contributed by atoms with Crippen LogP contribution in [0.15, 0.2) is 0 Å². The number of nitrogens with zero attached hydrogens (tertiary/aromatic N) is 1. The molecule has 1 aromatic heterocycles.